The molecule has 1 aliphatic rings. The molecule has 1 aliphatic carbocycles. The lowest BCUT2D eigenvalue weighted by Crippen LogP contribution is -2.17. The Kier molecular flexibility index (Phi) is 2.18. The van der Waals surface area contributed by atoms with Crippen LogP contribution in [0, 0.1) is 5.41 Å². The van der Waals surface area contributed by atoms with Crippen LogP contribution in [-0.2, 0) is 11.2 Å². The first kappa shape index (κ1) is 10.6. The van der Waals surface area contributed by atoms with Gasteiger partial charge in [0.15, 0.2) is 0 Å². The van der Waals surface area contributed by atoms with E-state index in [-0.39, 0.29) is 29.2 Å². The normalized spacial score (nSPS) is 17.0. The van der Waals surface area contributed by atoms with Crippen molar-refractivity contribution in [2.45, 2.75) is 19.3 Å². The number of aliphatic carboxylic acids is 1. The predicted octanol–water partition coefficient (Wildman–Crippen LogP) is 1.21. The lowest BCUT2D eigenvalue weighted by molar-refractivity contribution is -0.143. The third-order valence-electron chi connectivity index (χ3n) is 3.01. The molecule has 0 amide bonds. The smallest absolute Gasteiger partial charge is 0.309 e. The molecule has 0 aromatic heterocycles. The van der Waals surface area contributed by atoms with E-state index in [1.54, 1.807) is 0 Å². The highest BCUT2D eigenvalue weighted by Crippen LogP contribution is 2.51. The van der Waals surface area contributed by atoms with Crippen LogP contribution in [0.15, 0.2) is 12.1 Å². The van der Waals surface area contributed by atoms with Crippen LogP contribution >= 0.6 is 0 Å². The zero-order valence-corrected chi connectivity index (χ0v) is 8.47. The third kappa shape index (κ3) is 1.64. The van der Waals surface area contributed by atoms with E-state index in [2.05, 4.69) is 0 Å². The van der Waals surface area contributed by atoms with E-state index < -0.39 is 11.4 Å². The van der Waals surface area contributed by atoms with Crippen molar-refractivity contribution < 1.29 is 25.2 Å². The van der Waals surface area contributed by atoms with Gasteiger partial charge in [-0.15, -0.1) is 0 Å². The molecule has 0 bridgehead atoms. The molecule has 2 rings (SSSR count). The van der Waals surface area contributed by atoms with Gasteiger partial charge < -0.3 is 20.4 Å². The van der Waals surface area contributed by atoms with Gasteiger partial charge in [0.1, 0.15) is 17.2 Å². The van der Waals surface area contributed by atoms with Gasteiger partial charge in [-0.1, -0.05) is 0 Å². The van der Waals surface area contributed by atoms with E-state index in [4.69, 9.17) is 10.2 Å². The zero-order chi connectivity index (χ0) is 11.9. The van der Waals surface area contributed by atoms with E-state index in [1.807, 2.05) is 0 Å². The van der Waals surface area contributed by atoms with Gasteiger partial charge in [0.05, 0.1) is 5.41 Å². The van der Waals surface area contributed by atoms with Crippen LogP contribution in [0.4, 0.5) is 0 Å². The first-order valence-electron chi connectivity index (χ1n) is 4.92. The molecule has 0 heterocycles. The number of phenolic OH excluding ortho intramolecular Hbond substituents is 3. The fourth-order valence-electron chi connectivity index (χ4n) is 1.76. The molecule has 1 fully saturated rings. The van der Waals surface area contributed by atoms with E-state index in [1.165, 1.54) is 0 Å². The number of aromatic hydroxyl groups is 3. The number of hydrogen-bond acceptors (Lipinski definition) is 4. The fraction of sp³-hybridized carbons (Fsp3) is 0.364. The van der Waals surface area contributed by atoms with Crippen LogP contribution in [0.3, 0.4) is 0 Å². The van der Waals surface area contributed by atoms with Crippen molar-refractivity contribution in [1.82, 2.24) is 0 Å². The van der Waals surface area contributed by atoms with Crippen molar-refractivity contribution in [3.8, 4) is 17.2 Å². The van der Waals surface area contributed by atoms with Crippen molar-refractivity contribution in [2.75, 3.05) is 0 Å². The first-order valence-corrected chi connectivity index (χ1v) is 4.92. The molecule has 0 atom stereocenters. The number of benzene rings is 1. The van der Waals surface area contributed by atoms with Crippen molar-refractivity contribution in [3.63, 3.8) is 0 Å². The van der Waals surface area contributed by atoms with Crippen LogP contribution in [-0.4, -0.2) is 26.4 Å². The molecular weight excluding hydrogens is 212 g/mol. The number of carbonyl (C=O) groups is 1. The van der Waals surface area contributed by atoms with Gasteiger partial charge in [-0.2, -0.15) is 0 Å². The number of hydrogen-bond donors (Lipinski definition) is 4. The zero-order valence-electron chi connectivity index (χ0n) is 8.47. The maximum absolute atomic E-state index is 11.0. The van der Waals surface area contributed by atoms with E-state index in [0.717, 1.165) is 12.1 Å². The van der Waals surface area contributed by atoms with Gasteiger partial charge in [0.2, 0.25) is 0 Å². The lowest BCUT2D eigenvalue weighted by Gasteiger charge is -2.12. The van der Waals surface area contributed by atoms with Crippen LogP contribution in [0.5, 0.6) is 17.2 Å². The Morgan fingerprint density at radius 3 is 2.06 bits per heavy atom. The summed E-state index contributed by atoms with van der Waals surface area (Å²) < 4.78 is 0. The summed E-state index contributed by atoms with van der Waals surface area (Å²) >= 11 is 0. The van der Waals surface area contributed by atoms with Crippen LogP contribution < -0.4 is 0 Å². The summed E-state index contributed by atoms with van der Waals surface area (Å²) in [5, 5.41) is 37.2. The molecule has 86 valence electrons. The SMILES string of the molecule is O=C(O)C1(Cc2c(O)cc(O)cc2O)CC1. The summed E-state index contributed by atoms with van der Waals surface area (Å²) in [4.78, 5) is 11.0. The maximum Gasteiger partial charge on any atom is 0.309 e. The van der Waals surface area contributed by atoms with Crippen molar-refractivity contribution in [3.05, 3.63) is 17.7 Å². The summed E-state index contributed by atoms with van der Waals surface area (Å²) in [6, 6.07) is 2.18. The molecule has 4 N–H and O–H groups in total. The molecule has 0 spiro atoms. The lowest BCUT2D eigenvalue weighted by atomic mass is 9.95. The highest BCUT2D eigenvalue weighted by Gasteiger charge is 2.50. The number of carboxylic acids is 1. The quantitative estimate of drug-likeness (QED) is 0.618. The predicted molar refractivity (Wildman–Crippen MR) is 54.4 cm³/mol. The minimum absolute atomic E-state index is 0.0836. The molecule has 0 unspecified atom stereocenters. The average Bonchev–Trinajstić information content (AvgIpc) is 2.92. The average molecular weight is 224 g/mol. The van der Waals surface area contributed by atoms with Gasteiger partial charge in [-0.25, -0.2) is 0 Å². The molecule has 0 saturated heterocycles. The fourth-order valence-corrected chi connectivity index (χ4v) is 1.76. The van der Waals surface area contributed by atoms with E-state index >= 15 is 0 Å². The molecule has 0 aliphatic heterocycles. The number of phenols is 3. The first-order chi connectivity index (χ1) is 7.44. The monoisotopic (exact) mass is 224 g/mol. The Morgan fingerprint density at radius 2 is 1.69 bits per heavy atom. The summed E-state index contributed by atoms with van der Waals surface area (Å²) in [5.74, 6) is -1.71. The molecule has 16 heavy (non-hydrogen) atoms. The number of carboxylic acid groups (broad SMARTS) is 1. The molecular formula is C11H12O5. The van der Waals surface area contributed by atoms with Gasteiger partial charge >= 0.3 is 5.97 Å². The molecule has 1 aromatic carbocycles. The second kappa shape index (κ2) is 3.30. The molecule has 1 aromatic rings. The largest absolute Gasteiger partial charge is 0.508 e. The van der Waals surface area contributed by atoms with Crippen molar-refractivity contribution in [1.29, 1.82) is 0 Å². The van der Waals surface area contributed by atoms with Crippen molar-refractivity contribution >= 4 is 5.97 Å². The molecule has 1 saturated carbocycles. The third-order valence-corrected chi connectivity index (χ3v) is 3.01. The van der Waals surface area contributed by atoms with Gasteiger partial charge in [-0.05, 0) is 19.3 Å². The summed E-state index contributed by atoms with van der Waals surface area (Å²) in [7, 11) is 0. The molecule has 0 radical (unpaired) electrons. The van der Waals surface area contributed by atoms with Gasteiger partial charge in [0.25, 0.3) is 0 Å². The minimum Gasteiger partial charge on any atom is -0.508 e. The topological polar surface area (TPSA) is 98.0 Å². The second-order valence-corrected chi connectivity index (χ2v) is 4.22. The van der Waals surface area contributed by atoms with Crippen LogP contribution in [0.25, 0.3) is 0 Å². The minimum atomic E-state index is -0.917. The van der Waals surface area contributed by atoms with Crippen LogP contribution in [0.1, 0.15) is 18.4 Å². The molecule has 5 heteroatoms. The van der Waals surface area contributed by atoms with Crippen LogP contribution in [0.2, 0.25) is 0 Å². The Balaban J connectivity index is 2.32. The Hall–Kier alpha value is -1.91. The highest BCUT2D eigenvalue weighted by atomic mass is 16.4. The van der Waals surface area contributed by atoms with E-state index in [0.29, 0.717) is 12.8 Å². The van der Waals surface area contributed by atoms with E-state index in [9.17, 15) is 15.0 Å². The number of rotatable bonds is 3. The Bertz CT molecular complexity index is 425. The summed E-state index contributed by atoms with van der Waals surface area (Å²) in [6.45, 7) is 0. The Morgan fingerprint density at radius 1 is 1.19 bits per heavy atom. The Labute approximate surface area is 91.6 Å². The maximum atomic E-state index is 11.0. The van der Waals surface area contributed by atoms with Gasteiger partial charge in [0, 0.05) is 17.7 Å². The second-order valence-electron chi connectivity index (χ2n) is 4.22. The van der Waals surface area contributed by atoms with Gasteiger partial charge in [-0.3, -0.25) is 4.79 Å². The standard InChI is InChI=1S/C11H12O5/c12-6-3-8(13)7(9(14)4-6)5-11(1-2-11)10(15)16/h3-4,12-14H,1-2,5H2,(H,15,16). The molecule has 5 nitrogen and oxygen atoms in total. The highest BCUT2D eigenvalue weighted by molar-refractivity contribution is 5.78. The summed E-state index contributed by atoms with van der Waals surface area (Å²) in [5.41, 5.74) is -0.677. The summed E-state index contributed by atoms with van der Waals surface area (Å²) in [6.07, 6.45) is 1.17. The van der Waals surface area contributed by atoms with Crippen molar-refractivity contribution in [2.24, 2.45) is 5.41 Å².